The monoisotopic (exact) mass is 370 g/mol. The Morgan fingerprint density at radius 3 is 2.28 bits per heavy atom. The highest BCUT2D eigenvalue weighted by Gasteiger charge is 2.33. The van der Waals surface area contributed by atoms with Gasteiger partial charge in [-0.15, -0.1) is 0 Å². The summed E-state index contributed by atoms with van der Waals surface area (Å²) >= 11 is 0. The van der Waals surface area contributed by atoms with Crippen molar-refractivity contribution in [1.29, 1.82) is 0 Å². The molecule has 7 nitrogen and oxygen atoms in total. The van der Waals surface area contributed by atoms with Crippen LogP contribution in [0.1, 0.15) is 13.8 Å². The van der Waals surface area contributed by atoms with Crippen molar-refractivity contribution in [2.24, 2.45) is 0 Å². The summed E-state index contributed by atoms with van der Waals surface area (Å²) in [6.45, 7) is 7.93. The number of amides is 1. The second-order valence-corrected chi connectivity index (χ2v) is 8.22. The maximum atomic E-state index is 12.9. The number of carbonyl (C=O) groups is 1. The van der Waals surface area contributed by atoms with Crippen LogP contribution in [0.25, 0.3) is 0 Å². The molecule has 1 atom stereocenters. The lowest BCUT2D eigenvalue weighted by molar-refractivity contribution is -0.902. The topological polar surface area (TPSA) is 71.4 Å². The molecule has 1 saturated heterocycles. The molecule has 140 valence electrons. The van der Waals surface area contributed by atoms with Gasteiger partial charge in [0, 0.05) is 0 Å². The van der Waals surface area contributed by atoms with E-state index in [1.807, 2.05) is 0 Å². The van der Waals surface area contributed by atoms with Crippen LogP contribution in [-0.4, -0.2) is 71.4 Å². The molecule has 1 aliphatic heterocycles. The van der Waals surface area contributed by atoms with Crippen molar-refractivity contribution in [1.82, 2.24) is 4.90 Å². The third-order valence-corrected chi connectivity index (χ3v) is 5.92. The van der Waals surface area contributed by atoms with Crippen LogP contribution in [0.5, 0.6) is 5.75 Å². The van der Waals surface area contributed by atoms with Crippen LogP contribution in [0.15, 0.2) is 24.3 Å². The maximum absolute atomic E-state index is 12.9. The van der Waals surface area contributed by atoms with Gasteiger partial charge in [-0.1, -0.05) is 0 Å². The summed E-state index contributed by atoms with van der Waals surface area (Å²) in [7, 11) is -2.05. The van der Waals surface area contributed by atoms with E-state index in [0.717, 1.165) is 25.9 Å². The number of sulfonamides is 1. The highest BCUT2D eigenvalue weighted by atomic mass is 32.2. The molecule has 25 heavy (non-hydrogen) atoms. The second-order valence-electron chi connectivity index (χ2n) is 6.36. The molecule has 0 aliphatic carbocycles. The molecule has 1 fully saturated rings. The SMILES string of the molecule is CC[NH+]1CCN(C(=O)[C@H](C)N(c2ccc(OC)cc2)S(C)(=O)=O)CC1. The number of likely N-dealkylation sites (N-methyl/N-ethyl adjacent to an activating group) is 1. The number of rotatable bonds is 6. The maximum Gasteiger partial charge on any atom is 0.246 e. The predicted molar refractivity (Wildman–Crippen MR) is 97.6 cm³/mol. The van der Waals surface area contributed by atoms with E-state index in [1.165, 1.54) is 9.21 Å². The molecule has 0 unspecified atom stereocenters. The number of piperazine rings is 1. The Morgan fingerprint density at radius 2 is 1.84 bits per heavy atom. The van der Waals surface area contributed by atoms with E-state index in [1.54, 1.807) is 43.2 Å². The lowest BCUT2D eigenvalue weighted by Crippen LogP contribution is -3.14. The summed E-state index contributed by atoms with van der Waals surface area (Å²) in [6, 6.07) is 5.90. The minimum Gasteiger partial charge on any atom is -0.497 e. The number of hydrogen-bond acceptors (Lipinski definition) is 4. The summed E-state index contributed by atoms with van der Waals surface area (Å²) < 4.78 is 31.0. The number of benzene rings is 1. The van der Waals surface area contributed by atoms with Gasteiger partial charge >= 0.3 is 0 Å². The van der Waals surface area contributed by atoms with Crippen LogP contribution in [0.2, 0.25) is 0 Å². The highest BCUT2D eigenvalue weighted by Crippen LogP contribution is 2.24. The summed E-state index contributed by atoms with van der Waals surface area (Å²) in [6.07, 6.45) is 1.13. The van der Waals surface area contributed by atoms with Crippen molar-refractivity contribution in [3.05, 3.63) is 24.3 Å². The molecule has 1 aromatic carbocycles. The van der Waals surface area contributed by atoms with Crippen molar-refractivity contribution in [2.45, 2.75) is 19.9 Å². The smallest absolute Gasteiger partial charge is 0.246 e. The van der Waals surface area contributed by atoms with Crippen LogP contribution < -0.4 is 13.9 Å². The first-order valence-electron chi connectivity index (χ1n) is 8.53. The van der Waals surface area contributed by atoms with E-state index in [0.29, 0.717) is 24.5 Å². The molecule has 1 heterocycles. The predicted octanol–water partition coefficient (Wildman–Crippen LogP) is -0.403. The van der Waals surface area contributed by atoms with E-state index < -0.39 is 16.1 Å². The molecular weight excluding hydrogens is 342 g/mol. The fourth-order valence-electron chi connectivity index (χ4n) is 3.19. The van der Waals surface area contributed by atoms with E-state index in [2.05, 4.69) is 6.92 Å². The van der Waals surface area contributed by atoms with E-state index >= 15 is 0 Å². The third-order valence-electron chi connectivity index (χ3n) is 4.68. The van der Waals surface area contributed by atoms with Crippen molar-refractivity contribution >= 4 is 21.6 Å². The number of hydrogen-bond donors (Lipinski definition) is 1. The number of carbonyl (C=O) groups excluding carboxylic acids is 1. The standard InChI is InChI=1S/C17H27N3O4S/c1-5-18-10-12-19(13-11-18)17(21)14(2)20(25(4,22)23)15-6-8-16(24-3)9-7-15/h6-9,14H,5,10-13H2,1-4H3/p+1/t14-/m0/s1. The fourth-order valence-corrected chi connectivity index (χ4v) is 4.36. The van der Waals surface area contributed by atoms with Gasteiger partial charge in [-0.05, 0) is 38.1 Å². The minimum atomic E-state index is -3.60. The highest BCUT2D eigenvalue weighted by molar-refractivity contribution is 7.92. The normalized spacial score (nSPS) is 17.2. The van der Waals surface area contributed by atoms with Crippen LogP contribution in [0.4, 0.5) is 5.69 Å². The van der Waals surface area contributed by atoms with Crippen molar-refractivity contribution < 1.29 is 22.8 Å². The van der Waals surface area contributed by atoms with Gasteiger partial charge in [-0.25, -0.2) is 8.42 Å². The molecule has 1 N–H and O–H groups in total. The Bertz CT molecular complexity index is 682. The Kier molecular flexibility index (Phi) is 6.29. The minimum absolute atomic E-state index is 0.156. The van der Waals surface area contributed by atoms with Crippen LogP contribution >= 0.6 is 0 Å². The molecule has 1 aromatic rings. The van der Waals surface area contributed by atoms with E-state index in [-0.39, 0.29) is 5.91 Å². The van der Waals surface area contributed by atoms with Gasteiger partial charge in [0.25, 0.3) is 0 Å². The van der Waals surface area contributed by atoms with E-state index in [9.17, 15) is 13.2 Å². The number of quaternary nitrogens is 1. The molecule has 0 bridgehead atoms. The molecule has 0 radical (unpaired) electrons. The first kappa shape index (κ1) is 19.5. The number of nitrogens with zero attached hydrogens (tertiary/aromatic N) is 2. The quantitative estimate of drug-likeness (QED) is 0.740. The molecule has 1 amide bonds. The molecule has 2 rings (SSSR count). The largest absolute Gasteiger partial charge is 0.497 e. The number of nitrogens with one attached hydrogen (secondary N) is 1. The van der Waals surface area contributed by atoms with Crippen molar-refractivity contribution in [3.63, 3.8) is 0 Å². The third kappa shape index (κ3) is 4.64. The first-order valence-corrected chi connectivity index (χ1v) is 10.4. The molecule has 0 spiro atoms. The first-order chi connectivity index (χ1) is 11.8. The van der Waals surface area contributed by atoms with Gasteiger partial charge in [0.05, 0.1) is 51.8 Å². The van der Waals surface area contributed by atoms with E-state index in [4.69, 9.17) is 4.74 Å². The van der Waals surface area contributed by atoms with Gasteiger partial charge in [-0.3, -0.25) is 9.10 Å². The average Bonchev–Trinajstić information content (AvgIpc) is 2.60. The van der Waals surface area contributed by atoms with Crippen LogP contribution in [0, 0.1) is 0 Å². The van der Waals surface area contributed by atoms with Gasteiger partial charge in [0.15, 0.2) is 0 Å². The molecule has 0 saturated carbocycles. The lowest BCUT2D eigenvalue weighted by Gasteiger charge is -2.36. The molecule has 0 aromatic heterocycles. The Morgan fingerprint density at radius 1 is 1.28 bits per heavy atom. The molecular formula is C17H28N3O4S+. The van der Waals surface area contributed by atoms with Crippen molar-refractivity contribution in [2.75, 3.05) is 50.4 Å². The van der Waals surface area contributed by atoms with Crippen LogP contribution in [0.3, 0.4) is 0 Å². The zero-order valence-corrected chi connectivity index (χ0v) is 16.2. The number of anilines is 1. The summed E-state index contributed by atoms with van der Waals surface area (Å²) in [5.74, 6) is 0.478. The number of methoxy groups -OCH3 is 1. The Labute approximate surface area is 150 Å². The fraction of sp³-hybridized carbons (Fsp3) is 0.588. The van der Waals surface area contributed by atoms with Crippen molar-refractivity contribution in [3.8, 4) is 5.75 Å². The number of ether oxygens (including phenoxy) is 1. The second kappa shape index (κ2) is 8.05. The molecule has 1 aliphatic rings. The Balaban J connectivity index is 2.21. The molecule has 8 heteroatoms. The Hall–Kier alpha value is -1.80. The van der Waals surface area contributed by atoms with Gasteiger partial charge in [0.1, 0.15) is 11.8 Å². The van der Waals surface area contributed by atoms with Crippen LogP contribution in [-0.2, 0) is 14.8 Å². The summed E-state index contributed by atoms with van der Waals surface area (Å²) in [5.41, 5.74) is 0.460. The zero-order valence-electron chi connectivity index (χ0n) is 15.4. The summed E-state index contributed by atoms with van der Waals surface area (Å²) in [5, 5.41) is 0. The summed E-state index contributed by atoms with van der Waals surface area (Å²) in [4.78, 5) is 16.1. The van der Waals surface area contributed by atoms with Gasteiger partial charge in [-0.2, -0.15) is 0 Å². The average molecular weight is 370 g/mol. The zero-order chi connectivity index (χ0) is 18.6. The van der Waals surface area contributed by atoms with Gasteiger partial charge < -0.3 is 14.5 Å². The lowest BCUT2D eigenvalue weighted by atomic mass is 10.2. The van der Waals surface area contributed by atoms with Gasteiger partial charge in [0.2, 0.25) is 15.9 Å².